The number of nitrogens with zero attached hydrogens (tertiary/aromatic N) is 2. The molecule has 23 heavy (non-hydrogen) atoms. The number of thiazole rings is 1. The number of hydrogen-bond donors (Lipinski definition) is 1. The highest BCUT2D eigenvalue weighted by Crippen LogP contribution is 2.35. The van der Waals surface area contributed by atoms with E-state index in [1.165, 1.54) is 27.0 Å². The number of carboxylic acids is 1. The van der Waals surface area contributed by atoms with Gasteiger partial charge in [0.1, 0.15) is 4.21 Å². The molecule has 1 saturated heterocycles. The van der Waals surface area contributed by atoms with Crippen molar-refractivity contribution in [1.29, 1.82) is 0 Å². The minimum Gasteiger partial charge on any atom is -0.481 e. The number of hydrogen-bond acceptors (Lipinski definition) is 6. The van der Waals surface area contributed by atoms with E-state index in [0.29, 0.717) is 0 Å². The Morgan fingerprint density at radius 1 is 1.39 bits per heavy atom. The van der Waals surface area contributed by atoms with Gasteiger partial charge in [-0.05, 0) is 25.0 Å². The van der Waals surface area contributed by atoms with Crippen LogP contribution < -0.4 is 0 Å². The third kappa shape index (κ3) is 3.06. The molecule has 0 aliphatic carbocycles. The average Bonchev–Trinajstić information content (AvgIpc) is 3.16. The molecule has 9 heteroatoms. The predicted molar refractivity (Wildman–Crippen MR) is 89.2 cm³/mol. The number of rotatable bonds is 4. The van der Waals surface area contributed by atoms with Crippen molar-refractivity contribution in [1.82, 2.24) is 9.29 Å². The molecule has 1 fully saturated rings. The van der Waals surface area contributed by atoms with Crippen LogP contribution in [-0.2, 0) is 14.8 Å². The van der Waals surface area contributed by atoms with E-state index in [1.54, 1.807) is 19.1 Å². The number of thiophene rings is 1. The lowest BCUT2D eigenvalue weighted by Gasteiger charge is -2.14. The lowest BCUT2D eigenvalue weighted by atomic mass is 9.99. The van der Waals surface area contributed by atoms with Crippen LogP contribution in [0.5, 0.6) is 0 Å². The number of aliphatic carboxylic acids is 1. The maximum absolute atomic E-state index is 12.7. The van der Waals surface area contributed by atoms with Crippen LogP contribution in [0.3, 0.4) is 0 Å². The molecule has 2 atom stereocenters. The summed E-state index contributed by atoms with van der Waals surface area (Å²) in [6.45, 7) is 3.94. The van der Waals surface area contributed by atoms with E-state index < -0.39 is 21.9 Å². The zero-order valence-electron chi connectivity index (χ0n) is 12.6. The Hall–Kier alpha value is -1.29. The van der Waals surface area contributed by atoms with Gasteiger partial charge in [-0.25, -0.2) is 13.4 Å². The van der Waals surface area contributed by atoms with Crippen LogP contribution >= 0.6 is 22.7 Å². The first-order valence-electron chi connectivity index (χ1n) is 7.04. The molecular formula is C14H16N2O4S3. The molecular weight excluding hydrogens is 356 g/mol. The molecule has 0 aromatic carbocycles. The summed E-state index contributed by atoms with van der Waals surface area (Å²) in [5, 5.41) is 12.0. The van der Waals surface area contributed by atoms with Gasteiger partial charge in [0.2, 0.25) is 0 Å². The van der Waals surface area contributed by atoms with Crippen molar-refractivity contribution in [3.63, 3.8) is 0 Å². The molecule has 1 aliphatic rings. The molecule has 3 heterocycles. The van der Waals surface area contributed by atoms with E-state index in [9.17, 15) is 13.2 Å². The molecule has 124 valence electrons. The largest absolute Gasteiger partial charge is 0.481 e. The van der Waals surface area contributed by atoms with Crippen molar-refractivity contribution in [3.8, 4) is 10.6 Å². The Morgan fingerprint density at radius 3 is 2.70 bits per heavy atom. The monoisotopic (exact) mass is 372 g/mol. The summed E-state index contributed by atoms with van der Waals surface area (Å²) in [7, 11) is -3.65. The van der Waals surface area contributed by atoms with Crippen LogP contribution in [-0.4, -0.2) is 41.9 Å². The Labute approximate surface area is 142 Å². The van der Waals surface area contributed by atoms with Crippen molar-refractivity contribution in [2.75, 3.05) is 13.1 Å². The van der Waals surface area contributed by atoms with E-state index in [4.69, 9.17) is 5.11 Å². The second-order valence-electron chi connectivity index (χ2n) is 5.61. The normalized spacial score (nSPS) is 22.5. The number of aryl methyl sites for hydroxylation is 1. The van der Waals surface area contributed by atoms with Gasteiger partial charge in [-0.2, -0.15) is 4.31 Å². The summed E-state index contributed by atoms with van der Waals surface area (Å²) in [5.41, 5.74) is 0.775. The van der Waals surface area contributed by atoms with Gasteiger partial charge in [0.15, 0.2) is 0 Å². The molecule has 1 aliphatic heterocycles. The topological polar surface area (TPSA) is 87.6 Å². The van der Waals surface area contributed by atoms with Gasteiger partial charge < -0.3 is 5.11 Å². The van der Waals surface area contributed by atoms with E-state index >= 15 is 0 Å². The molecule has 3 rings (SSSR count). The van der Waals surface area contributed by atoms with Crippen molar-refractivity contribution in [3.05, 3.63) is 22.5 Å². The predicted octanol–water partition coefficient (Wildman–Crippen LogP) is 2.52. The first kappa shape index (κ1) is 16.6. The summed E-state index contributed by atoms with van der Waals surface area (Å²) in [4.78, 5) is 16.4. The van der Waals surface area contributed by atoms with E-state index in [0.717, 1.165) is 15.6 Å². The highest BCUT2D eigenvalue weighted by Gasteiger charge is 2.41. The fourth-order valence-electron chi connectivity index (χ4n) is 2.64. The molecule has 0 bridgehead atoms. The minimum atomic E-state index is -3.65. The van der Waals surface area contributed by atoms with Gasteiger partial charge in [-0.15, -0.1) is 22.7 Å². The highest BCUT2D eigenvalue weighted by atomic mass is 32.2. The Morgan fingerprint density at radius 2 is 2.13 bits per heavy atom. The third-order valence-corrected chi connectivity index (χ3v) is 8.12. The lowest BCUT2D eigenvalue weighted by molar-refractivity contribution is -0.142. The van der Waals surface area contributed by atoms with Crippen molar-refractivity contribution in [2.24, 2.45) is 11.8 Å². The average molecular weight is 372 g/mol. The zero-order chi connectivity index (χ0) is 16.8. The molecule has 0 amide bonds. The van der Waals surface area contributed by atoms with Crippen LogP contribution in [0.15, 0.2) is 21.7 Å². The minimum absolute atomic E-state index is 0.0296. The van der Waals surface area contributed by atoms with Crippen LogP contribution in [0.1, 0.15) is 11.9 Å². The lowest BCUT2D eigenvalue weighted by Crippen LogP contribution is -2.29. The summed E-state index contributed by atoms with van der Waals surface area (Å²) >= 11 is 2.69. The van der Waals surface area contributed by atoms with Crippen molar-refractivity contribution in [2.45, 2.75) is 18.1 Å². The van der Waals surface area contributed by atoms with Crippen LogP contribution in [0, 0.1) is 18.8 Å². The Kier molecular flexibility index (Phi) is 4.30. The zero-order valence-corrected chi connectivity index (χ0v) is 15.0. The molecule has 0 saturated carbocycles. The molecule has 0 spiro atoms. The van der Waals surface area contributed by atoms with E-state index in [2.05, 4.69) is 4.98 Å². The van der Waals surface area contributed by atoms with Gasteiger partial charge >= 0.3 is 5.97 Å². The SMILES string of the molecule is Cc1nc(-c2ccc(S(=O)(=O)N3C[C@@H](C)[C@H](C(=O)O)C3)s2)cs1. The van der Waals surface area contributed by atoms with Gasteiger partial charge in [0.25, 0.3) is 10.0 Å². The molecule has 2 aromatic heterocycles. The number of carbonyl (C=O) groups is 1. The van der Waals surface area contributed by atoms with E-state index in [-0.39, 0.29) is 23.2 Å². The highest BCUT2D eigenvalue weighted by molar-refractivity contribution is 7.91. The second kappa shape index (κ2) is 5.97. The summed E-state index contributed by atoms with van der Waals surface area (Å²) in [5.74, 6) is -1.78. The van der Waals surface area contributed by atoms with Gasteiger partial charge in [-0.3, -0.25) is 4.79 Å². The van der Waals surface area contributed by atoms with Gasteiger partial charge in [-0.1, -0.05) is 6.92 Å². The van der Waals surface area contributed by atoms with Crippen molar-refractivity contribution >= 4 is 38.7 Å². The smallest absolute Gasteiger partial charge is 0.308 e. The van der Waals surface area contributed by atoms with Crippen molar-refractivity contribution < 1.29 is 18.3 Å². The first-order valence-corrected chi connectivity index (χ1v) is 10.2. The Balaban J connectivity index is 1.86. The fraction of sp³-hybridized carbons (Fsp3) is 0.429. The standard InChI is InChI=1S/C14H16N2O4S3/c1-8-5-16(6-10(8)14(17)18)23(19,20)13-4-3-12(22-13)11-7-21-9(2)15-11/h3-4,7-8,10H,5-6H2,1-2H3,(H,17,18)/t8-,10-/m1/s1. The molecule has 0 radical (unpaired) electrons. The van der Waals surface area contributed by atoms with Crippen LogP contribution in [0.2, 0.25) is 0 Å². The fourth-order valence-corrected chi connectivity index (χ4v) is 6.32. The maximum atomic E-state index is 12.7. The second-order valence-corrected chi connectivity index (χ2v) is 9.93. The van der Waals surface area contributed by atoms with E-state index in [1.807, 2.05) is 12.3 Å². The molecule has 0 unspecified atom stereocenters. The van der Waals surface area contributed by atoms with Crippen LogP contribution in [0.4, 0.5) is 0 Å². The van der Waals surface area contributed by atoms with Gasteiger partial charge in [0.05, 0.1) is 21.5 Å². The first-order chi connectivity index (χ1) is 10.8. The third-order valence-electron chi connectivity index (χ3n) is 3.94. The summed E-state index contributed by atoms with van der Waals surface area (Å²) < 4.78 is 27.0. The summed E-state index contributed by atoms with van der Waals surface area (Å²) in [6, 6.07) is 3.32. The van der Waals surface area contributed by atoms with Crippen LogP contribution in [0.25, 0.3) is 10.6 Å². The molecule has 6 nitrogen and oxygen atoms in total. The number of carboxylic acid groups (broad SMARTS) is 1. The quantitative estimate of drug-likeness (QED) is 0.891. The number of aromatic nitrogens is 1. The molecule has 2 aromatic rings. The molecule has 1 N–H and O–H groups in total. The number of sulfonamides is 1. The Bertz CT molecular complexity index is 840. The maximum Gasteiger partial charge on any atom is 0.308 e. The summed E-state index contributed by atoms with van der Waals surface area (Å²) in [6.07, 6.45) is 0. The van der Waals surface area contributed by atoms with Gasteiger partial charge in [0, 0.05) is 18.5 Å².